The molecule has 2 aromatic carbocycles. The first-order valence-electron chi connectivity index (χ1n) is 11.9. The Kier molecular flexibility index (Phi) is 6.59. The molecule has 5 heteroatoms. The van der Waals surface area contributed by atoms with Crippen LogP contribution in [-0.4, -0.2) is 45.7 Å². The molecule has 1 aliphatic rings. The van der Waals surface area contributed by atoms with Gasteiger partial charge in [-0.1, -0.05) is 68.8 Å². The maximum Gasteiger partial charge on any atom is 0.242 e. The predicted molar refractivity (Wildman–Crippen MR) is 133 cm³/mol. The summed E-state index contributed by atoms with van der Waals surface area (Å²) >= 11 is 0. The van der Waals surface area contributed by atoms with Gasteiger partial charge in [0.15, 0.2) is 0 Å². The average Bonchev–Trinajstić information content (AvgIpc) is 3.55. The van der Waals surface area contributed by atoms with Crippen molar-refractivity contribution < 1.29 is 9.59 Å². The molecule has 0 saturated heterocycles. The van der Waals surface area contributed by atoms with Crippen molar-refractivity contribution in [3.05, 3.63) is 71.4 Å². The number of rotatable bonds is 8. The van der Waals surface area contributed by atoms with Crippen molar-refractivity contribution in [3.63, 3.8) is 0 Å². The Balaban J connectivity index is 1.52. The predicted octanol–water partition coefficient (Wildman–Crippen LogP) is 5.08. The van der Waals surface area contributed by atoms with E-state index < -0.39 is 5.41 Å². The molecule has 174 valence electrons. The van der Waals surface area contributed by atoms with Gasteiger partial charge in [0.05, 0.1) is 0 Å². The average molecular weight is 446 g/mol. The van der Waals surface area contributed by atoms with E-state index in [0.717, 1.165) is 30.3 Å². The zero-order valence-corrected chi connectivity index (χ0v) is 20.2. The van der Waals surface area contributed by atoms with Gasteiger partial charge in [0.2, 0.25) is 11.8 Å². The normalized spacial score (nSPS) is 13.8. The lowest BCUT2D eigenvalue weighted by atomic mass is 9.94. The molecule has 5 nitrogen and oxygen atoms in total. The third-order valence-corrected chi connectivity index (χ3v) is 6.37. The minimum absolute atomic E-state index is 0.0138. The molecule has 1 aliphatic carbocycles. The van der Waals surface area contributed by atoms with Crippen LogP contribution in [0.3, 0.4) is 0 Å². The number of benzene rings is 2. The van der Waals surface area contributed by atoms with Crippen LogP contribution < -0.4 is 0 Å². The number of carbonyl (C=O) groups excluding carboxylic acids is 2. The SMILES string of the molecule is Cc1ccc(CN(CCc2c[nH]c3ccccc23)C(=O)CN(C(=O)C(C)(C)C)C2CC2)cc1. The molecule has 0 radical (unpaired) electrons. The highest BCUT2D eigenvalue weighted by atomic mass is 16.2. The van der Waals surface area contributed by atoms with Crippen molar-refractivity contribution in [2.45, 2.75) is 59.5 Å². The Morgan fingerprint density at radius 3 is 2.39 bits per heavy atom. The Morgan fingerprint density at radius 1 is 1.03 bits per heavy atom. The molecule has 0 spiro atoms. The van der Waals surface area contributed by atoms with Gasteiger partial charge in [-0.15, -0.1) is 0 Å². The maximum absolute atomic E-state index is 13.5. The van der Waals surface area contributed by atoms with E-state index in [9.17, 15) is 9.59 Å². The zero-order chi connectivity index (χ0) is 23.6. The third-order valence-electron chi connectivity index (χ3n) is 6.37. The molecule has 0 unspecified atom stereocenters. The van der Waals surface area contributed by atoms with E-state index in [1.165, 1.54) is 16.5 Å². The molecule has 2 amide bonds. The highest BCUT2D eigenvalue weighted by Gasteiger charge is 2.39. The van der Waals surface area contributed by atoms with Gasteiger partial charge < -0.3 is 14.8 Å². The molecule has 1 saturated carbocycles. The second kappa shape index (κ2) is 9.42. The number of carbonyl (C=O) groups is 2. The second-order valence-corrected chi connectivity index (χ2v) is 10.3. The van der Waals surface area contributed by atoms with Crippen molar-refractivity contribution in [3.8, 4) is 0 Å². The van der Waals surface area contributed by atoms with Crippen molar-refractivity contribution >= 4 is 22.7 Å². The van der Waals surface area contributed by atoms with Crippen molar-refractivity contribution in [2.24, 2.45) is 5.41 Å². The largest absolute Gasteiger partial charge is 0.361 e. The molecule has 33 heavy (non-hydrogen) atoms. The topological polar surface area (TPSA) is 56.4 Å². The quantitative estimate of drug-likeness (QED) is 0.525. The van der Waals surface area contributed by atoms with Crippen molar-refractivity contribution in [1.82, 2.24) is 14.8 Å². The Bertz CT molecular complexity index is 1120. The lowest BCUT2D eigenvalue weighted by molar-refractivity contribution is -0.146. The fourth-order valence-corrected chi connectivity index (χ4v) is 4.23. The van der Waals surface area contributed by atoms with E-state index in [1.807, 2.05) is 48.9 Å². The molecule has 1 heterocycles. The van der Waals surface area contributed by atoms with Crippen LogP contribution in [0.25, 0.3) is 10.9 Å². The second-order valence-electron chi connectivity index (χ2n) is 10.3. The monoisotopic (exact) mass is 445 g/mol. The lowest BCUT2D eigenvalue weighted by Crippen LogP contribution is -2.47. The summed E-state index contributed by atoms with van der Waals surface area (Å²) in [5.74, 6) is 0.0742. The fraction of sp³-hybridized carbons (Fsp3) is 0.429. The molecule has 0 atom stereocenters. The first-order valence-corrected chi connectivity index (χ1v) is 11.9. The fourth-order valence-electron chi connectivity index (χ4n) is 4.23. The zero-order valence-electron chi connectivity index (χ0n) is 20.2. The highest BCUT2D eigenvalue weighted by Crippen LogP contribution is 2.31. The van der Waals surface area contributed by atoms with Gasteiger partial charge in [-0.25, -0.2) is 0 Å². The van der Waals surface area contributed by atoms with Gasteiger partial charge in [-0.05, 0) is 43.4 Å². The van der Waals surface area contributed by atoms with Gasteiger partial charge >= 0.3 is 0 Å². The summed E-state index contributed by atoms with van der Waals surface area (Å²) < 4.78 is 0. The number of nitrogens with zero attached hydrogens (tertiary/aromatic N) is 2. The summed E-state index contributed by atoms with van der Waals surface area (Å²) in [5, 5.41) is 1.20. The number of aromatic amines is 1. The summed E-state index contributed by atoms with van der Waals surface area (Å²) in [6.45, 7) is 9.15. The van der Waals surface area contributed by atoms with Crippen LogP contribution in [0.5, 0.6) is 0 Å². The summed E-state index contributed by atoms with van der Waals surface area (Å²) in [7, 11) is 0. The molecular formula is C28H35N3O2. The number of fused-ring (bicyclic) bond motifs is 1. The number of hydrogen-bond acceptors (Lipinski definition) is 2. The van der Waals surface area contributed by atoms with Gasteiger partial charge in [0.25, 0.3) is 0 Å². The minimum Gasteiger partial charge on any atom is -0.361 e. The Hall–Kier alpha value is -3.08. The van der Waals surface area contributed by atoms with Gasteiger partial charge in [-0.2, -0.15) is 0 Å². The van der Waals surface area contributed by atoms with Crippen LogP contribution in [0.1, 0.15) is 50.3 Å². The summed E-state index contributed by atoms with van der Waals surface area (Å²) in [5.41, 5.74) is 4.13. The van der Waals surface area contributed by atoms with Crippen molar-refractivity contribution in [1.29, 1.82) is 0 Å². The van der Waals surface area contributed by atoms with Crippen molar-refractivity contribution in [2.75, 3.05) is 13.1 Å². The van der Waals surface area contributed by atoms with Gasteiger partial charge in [0.1, 0.15) is 6.54 Å². The number of nitrogens with one attached hydrogen (secondary N) is 1. The standard InChI is InChI=1S/C28H35N3O2/c1-20-9-11-21(12-10-20)18-30(16-15-22-17-29-25-8-6-5-7-24(22)25)26(32)19-31(23-13-14-23)27(33)28(2,3)4/h5-12,17,23,29H,13-16,18-19H2,1-4H3. The molecule has 0 bridgehead atoms. The number of aromatic nitrogens is 1. The maximum atomic E-state index is 13.5. The Morgan fingerprint density at radius 2 is 1.73 bits per heavy atom. The minimum atomic E-state index is -0.491. The summed E-state index contributed by atoms with van der Waals surface area (Å²) in [4.78, 5) is 33.6. The van der Waals surface area contributed by atoms with Crippen LogP contribution >= 0.6 is 0 Å². The van der Waals surface area contributed by atoms with E-state index in [2.05, 4.69) is 48.3 Å². The van der Waals surface area contributed by atoms with E-state index in [0.29, 0.717) is 13.1 Å². The summed E-state index contributed by atoms with van der Waals surface area (Å²) in [6.07, 6.45) is 4.78. The van der Waals surface area contributed by atoms with Crippen LogP contribution in [0.15, 0.2) is 54.7 Å². The van der Waals surface area contributed by atoms with Crippen LogP contribution in [0.2, 0.25) is 0 Å². The molecular weight excluding hydrogens is 410 g/mol. The molecule has 1 fully saturated rings. The number of H-pyrrole nitrogens is 1. The number of amides is 2. The van der Waals surface area contributed by atoms with E-state index >= 15 is 0 Å². The highest BCUT2D eigenvalue weighted by molar-refractivity contribution is 5.88. The Labute approximate surface area is 196 Å². The molecule has 0 aliphatic heterocycles. The number of hydrogen-bond donors (Lipinski definition) is 1. The van der Waals surface area contributed by atoms with E-state index in [1.54, 1.807) is 0 Å². The number of aryl methyl sites for hydroxylation is 1. The molecule has 1 N–H and O–H groups in total. The lowest BCUT2D eigenvalue weighted by Gasteiger charge is -2.32. The molecule has 3 aromatic rings. The third kappa shape index (κ3) is 5.65. The molecule has 1 aromatic heterocycles. The van der Waals surface area contributed by atoms with Gasteiger partial charge in [0, 0.05) is 41.6 Å². The molecule has 4 rings (SSSR count). The smallest absolute Gasteiger partial charge is 0.242 e. The number of para-hydroxylation sites is 1. The first kappa shape index (κ1) is 23.1. The first-order chi connectivity index (χ1) is 15.7. The van der Waals surface area contributed by atoms with E-state index in [-0.39, 0.29) is 24.4 Å². The van der Waals surface area contributed by atoms with Crippen LogP contribution in [0.4, 0.5) is 0 Å². The van der Waals surface area contributed by atoms with E-state index in [4.69, 9.17) is 0 Å². The summed E-state index contributed by atoms with van der Waals surface area (Å²) in [6, 6.07) is 16.8. The van der Waals surface area contributed by atoms with Crippen LogP contribution in [0, 0.1) is 12.3 Å². The van der Waals surface area contributed by atoms with Gasteiger partial charge in [-0.3, -0.25) is 9.59 Å². The van der Waals surface area contributed by atoms with Crippen LogP contribution in [-0.2, 0) is 22.6 Å².